The molecule has 0 atom stereocenters. The van der Waals surface area contributed by atoms with Crippen LogP contribution in [0.1, 0.15) is 171 Å². The number of fused-ring (bicyclic) bond motifs is 3. The SMILES string of the molecule is CC(C)c1cc(-c2ccc(F)c(Cl)c2)nn2cc(C(=O)N3CCN(C(=O)C4CC(O)C4)CC3(C)C)nc12.CC1=NC(C(=O)N2CCN(C(=O)c3cn4nc(-c5ccc(F)c(Br)c5)cc(C(C)(C)C)c4n3)C(C)(C)C2)=NC1.COC(=O)CN1CCN(C(=O)c2cn3nc(-c4ccc(F)cc4)cc(C(C)(C)C)c3n2)C(C)(C)C1=O. The van der Waals surface area contributed by atoms with Gasteiger partial charge in [-0.15, -0.1) is 0 Å². The molecule has 0 bridgehead atoms. The first-order valence-electron chi connectivity index (χ1n) is 37.1. The summed E-state index contributed by atoms with van der Waals surface area (Å²) < 4.78 is 50.9. The van der Waals surface area contributed by atoms with E-state index < -0.39 is 34.3 Å². The molecule has 112 heavy (non-hydrogen) atoms. The van der Waals surface area contributed by atoms with E-state index in [1.165, 1.54) is 47.2 Å². The van der Waals surface area contributed by atoms with Crippen LogP contribution in [0.25, 0.3) is 50.7 Å². The molecule has 5 aliphatic rings. The van der Waals surface area contributed by atoms with Crippen molar-refractivity contribution < 1.29 is 56.6 Å². The lowest BCUT2D eigenvalue weighted by atomic mass is 9.81. The maximum atomic E-state index is 13.9. The first-order chi connectivity index (χ1) is 52.5. The van der Waals surface area contributed by atoms with E-state index in [0.717, 1.165) is 33.5 Å². The van der Waals surface area contributed by atoms with Crippen LogP contribution in [0.2, 0.25) is 5.02 Å². The lowest BCUT2D eigenvalue weighted by molar-refractivity contribution is -0.154. The molecule has 31 heteroatoms. The molecule has 9 aromatic rings. The highest BCUT2D eigenvalue weighted by molar-refractivity contribution is 9.10. The number of hydrogen-bond donors (Lipinski definition) is 1. The van der Waals surface area contributed by atoms with Gasteiger partial charge in [0.25, 0.3) is 23.6 Å². The standard InChI is InChI=1S/C28H31BrFN7O2.C27H31ClFN5O3.C26H30FN5O4/c1-16-13-31-23(32-16)26(39)35-9-10-36(28(5,6)15-35)25(38)22-14-37-24(33-22)18(27(2,3)4)12-21(34-37)17-7-8-20(30)19(29)11-17;1-15(2)19-12-22(16-5-6-21(29)20(28)11-16)31-34-13-23(30-24(19)34)26(37)33-8-7-32(14-27(33,3)4)25(36)17-9-18(35)10-17;1-25(2,3)18-13-19(16-7-9-17(27)10-8-16)29-32-14-20(28-22(18)32)23(34)31-12-11-30(15-21(33)36-6)24(35)26(31,4)5/h7-8,11-12,14H,9-10,13,15H2,1-6H3;5-6,11-13,15,17-18,35H,7-10,14H2,1-4H3;7-10,13-14H,11-12,15H2,1-6H3. The van der Waals surface area contributed by atoms with E-state index in [-0.39, 0.29) is 118 Å². The molecule has 590 valence electrons. The van der Waals surface area contributed by atoms with Crippen LogP contribution >= 0.6 is 27.5 Å². The highest BCUT2D eigenvalue weighted by atomic mass is 79.9. The highest BCUT2D eigenvalue weighted by Crippen LogP contribution is 2.37. The van der Waals surface area contributed by atoms with Gasteiger partial charge in [0.2, 0.25) is 17.6 Å². The number of rotatable bonds is 11. The average molecular weight is 1620 g/mol. The Kier molecular flexibility index (Phi) is 22.5. The Morgan fingerprint density at radius 2 is 1.07 bits per heavy atom. The molecule has 6 aromatic heterocycles. The zero-order valence-electron chi connectivity index (χ0n) is 65.7. The van der Waals surface area contributed by atoms with Gasteiger partial charge in [-0.2, -0.15) is 15.3 Å². The van der Waals surface area contributed by atoms with Crippen LogP contribution in [0.3, 0.4) is 0 Å². The maximum Gasteiger partial charge on any atom is 0.325 e. The Hall–Kier alpha value is -10.3. The number of hydrogen-bond acceptors (Lipinski definition) is 17. The average Bonchev–Trinajstić information content (AvgIpc) is 1.56. The molecule has 1 saturated carbocycles. The van der Waals surface area contributed by atoms with Gasteiger partial charge in [-0.1, -0.05) is 67.0 Å². The van der Waals surface area contributed by atoms with Crippen molar-refractivity contribution in [2.75, 3.05) is 72.6 Å². The second-order valence-corrected chi connectivity index (χ2v) is 34.4. The number of halogens is 5. The lowest BCUT2D eigenvalue weighted by Crippen LogP contribution is -2.65. The fraction of sp³-hybridized carbons (Fsp3) is 0.444. The molecule has 1 N–H and O–H groups in total. The third-order valence-corrected chi connectivity index (χ3v) is 21.8. The second-order valence-electron chi connectivity index (χ2n) is 33.1. The van der Waals surface area contributed by atoms with Gasteiger partial charge in [-0.3, -0.25) is 38.6 Å². The van der Waals surface area contributed by atoms with Crippen molar-refractivity contribution in [1.82, 2.24) is 73.2 Å². The van der Waals surface area contributed by atoms with Crippen LogP contribution in [0, 0.1) is 23.4 Å². The summed E-state index contributed by atoms with van der Waals surface area (Å²) in [5, 5.41) is 23.6. The molecule has 4 fully saturated rings. The van der Waals surface area contributed by atoms with Gasteiger partial charge in [-0.05, 0) is 173 Å². The second kappa shape index (κ2) is 31.0. The van der Waals surface area contributed by atoms with E-state index in [0.29, 0.717) is 103 Å². The van der Waals surface area contributed by atoms with Gasteiger partial charge in [0.1, 0.15) is 46.6 Å². The maximum absolute atomic E-state index is 13.9. The van der Waals surface area contributed by atoms with Gasteiger partial charge in [0.15, 0.2) is 16.9 Å². The minimum absolute atomic E-state index is 0.0142. The number of aliphatic hydroxyl groups excluding tert-OH is 1. The zero-order chi connectivity index (χ0) is 81.3. The molecule has 1 aliphatic carbocycles. The molecular weight excluding hydrogens is 1530 g/mol. The largest absolute Gasteiger partial charge is 0.468 e. The number of imidazole rings is 3. The number of amides is 6. The van der Waals surface area contributed by atoms with Gasteiger partial charge < -0.3 is 39.2 Å². The number of methoxy groups -OCH3 is 1. The summed E-state index contributed by atoms with van der Waals surface area (Å²) >= 11 is 9.25. The molecule has 0 unspecified atom stereocenters. The lowest BCUT2D eigenvalue weighted by Gasteiger charge is -2.48. The first kappa shape index (κ1) is 81.2. The van der Waals surface area contributed by atoms with Gasteiger partial charge >= 0.3 is 5.97 Å². The number of esters is 1. The summed E-state index contributed by atoms with van der Waals surface area (Å²) in [6, 6.07) is 21.0. The van der Waals surface area contributed by atoms with Crippen molar-refractivity contribution in [3.63, 3.8) is 0 Å². The Bertz CT molecular complexity index is 5320. The number of amidine groups is 1. The number of piperazine rings is 3. The minimum Gasteiger partial charge on any atom is -0.468 e. The summed E-state index contributed by atoms with van der Waals surface area (Å²) in [4.78, 5) is 124. The Balaban J connectivity index is 0.000000156. The monoisotopic (exact) mass is 1620 g/mol. The Labute approximate surface area is 660 Å². The van der Waals surface area contributed by atoms with E-state index in [9.17, 15) is 51.8 Å². The van der Waals surface area contributed by atoms with Gasteiger partial charge in [0, 0.05) is 97.4 Å². The van der Waals surface area contributed by atoms with E-state index in [1.54, 1.807) is 91.0 Å². The van der Waals surface area contributed by atoms with Gasteiger partial charge in [-0.25, -0.2) is 46.7 Å². The molecule has 0 spiro atoms. The van der Waals surface area contributed by atoms with Crippen molar-refractivity contribution in [1.29, 1.82) is 0 Å². The normalized spacial score (nSPS) is 18.3. The van der Waals surface area contributed by atoms with Crippen LogP contribution < -0.4 is 0 Å². The van der Waals surface area contributed by atoms with E-state index in [2.05, 4.69) is 71.6 Å². The van der Waals surface area contributed by atoms with Crippen LogP contribution in [0.15, 0.2) is 112 Å². The summed E-state index contributed by atoms with van der Waals surface area (Å²) in [5.41, 5.74) is 6.91. The molecule has 14 rings (SSSR count). The molecule has 3 saturated heterocycles. The predicted octanol–water partition coefficient (Wildman–Crippen LogP) is 11.7. The number of aliphatic imine (C=N–C) groups is 2. The summed E-state index contributed by atoms with van der Waals surface area (Å²) in [7, 11) is 1.27. The number of carbonyl (C=O) groups excluding carboxylic acids is 7. The summed E-state index contributed by atoms with van der Waals surface area (Å²) in [6.07, 6.45) is 5.47. The fourth-order valence-electron chi connectivity index (χ4n) is 14.6. The molecule has 6 amide bonds. The van der Waals surface area contributed by atoms with Crippen molar-refractivity contribution in [3.05, 3.63) is 158 Å². The molecule has 4 aliphatic heterocycles. The summed E-state index contributed by atoms with van der Waals surface area (Å²) in [6.45, 7) is 32.4. The van der Waals surface area contributed by atoms with Gasteiger partial charge in [0.05, 0.1) is 76.0 Å². The number of aromatic nitrogens is 9. The van der Waals surface area contributed by atoms with E-state index in [1.807, 2.05) is 92.3 Å². The van der Waals surface area contributed by atoms with E-state index in [4.69, 9.17) is 21.7 Å². The van der Waals surface area contributed by atoms with Crippen LogP contribution in [-0.2, 0) is 34.7 Å². The Morgan fingerprint density at radius 1 is 0.607 bits per heavy atom. The first-order valence-corrected chi connectivity index (χ1v) is 38.2. The molecule has 0 radical (unpaired) electrons. The third kappa shape index (κ3) is 16.6. The molecular formula is C81H92BrClF3N17O9. The quantitative estimate of drug-likeness (QED) is 0.118. The zero-order valence-corrected chi connectivity index (χ0v) is 68.0. The van der Waals surface area contributed by atoms with Crippen LogP contribution in [-0.4, -0.2) is 227 Å². The number of carbonyl (C=O) groups is 7. The van der Waals surface area contributed by atoms with Crippen molar-refractivity contribution in [3.8, 4) is 33.8 Å². The third-order valence-electron chi connectivity index (χ3n) is 20.9. The topological polar surface area (TPSA) is 284 Å². The summed E-state index contributed by atoms with van der Waals surface area (Å²) in [5.74, 6) is -2.85. The van der Waals surface area contributed by atoms with Crippen LogP contribution in [0.4, 0.5) is 13.2 Å². The Morgan fingerprint density at radius 3 is 1.55 bits per heavy atom. The molecule has 10 heterocycles. The fourth-order valence-corrected chi connectivity index (χ4v) is 15.1. The highest BCUT2D eigenvalue weighted by Gasteiger charge is 2.47. The van der Waals surface area contributed by atoms with Crippen molar-refractivity contribution in [2.24, 2.45) is 15.9 Å². The van der Waals surface area contributed by atoms with Crippen LogP contribution in [0.5, 0.6) is 0 Å². The van der Waals surface area contributed by atoms with Crippen molar-refractivity contribution in [2.45, 2.75) is 156 Å². The smallest absolute Gasteiger partial charge is 0.325 e. The minimum atomic E-state index is -1.18. The number of nitrogens with zero attached hydrogens (tertiary/aromatic N) is 17. The molecule has 3 aromatic carbocycles. The number of ether oxygens (including phenoxy) is 1. The predicted molar refractivity (Wildman–Crippen MR) is 421 cm³/mol. The number of benzene rings is 3. The number of aliphatic hydroxyl groups is 1. The van der Waals surface area contributed by atoms with Crippen molar-refractivity contribution >= 4 is 97.4 Å². The van der Waals surface area contributed by atoms with E-state index >= 15 is 0 Å². The molecule has 26 nitrogen and oxygen atoms in total.